The molecule has 0 aliphatic heterocycles. The van der Waals surface area contributed by atoms with Gasteiger partial charge >= 0.3 is 0 Å². The van der Waals surface area contributed by atoms with E-state index in [1.165, 1.54) is 99.4 Å². The molecule has 0 amide bonds. The summed E-state index contributed by atoms with van der Waals surface area (Å²) in [7, 11) is 0. The van der Waals surface area contributed by atoms with Crippen molar-refractivity contribution >= 4 is 94.1 Å². The molecule has 2 aliphatic rings. The highest BCUT2D eigenvalue weighted by Gasteiger charge is 2.39. The fraction of sp³-hybridized carbons (Fsp3) is 0.0805. The Hall–Kier alpha value is -10.7. The van der Waals surface area contributed by atoms with Gasteiger partial charge in [0.2, 0.25) is 0 Å². The van der Waals surface area contributed by atoms with Crippen LogP contribution >= 0.6 is 11.6 Å². The van der Waals surface area contributed by atoms with E-state index in [-0.39, 0.29) is 10.8 Å². The molecule has 0 radical (unpaired) electrons. The van der Waals surface area contributed by atoms with E-state index >= 15 is 0 Å². The van der Waals surface area contributed by atoms with E-state index in [2.05, 4.69) is 306 Å². The second kappa shape index (κ2) is 22.4. The molecule has 18 rings (SSSR count). The lowest BCUT2D eigenvalue weighted by molar-refractivity contribution is 0.660. The van der Waals surface area contributed by atoms with Crippen molar-refractivity contribution in [1.29, 1.82) is 0 Å². The van der Waals surface area contributed by atoms with Crippen molar-refractivity contribution in [3.8, 4) is 44.5 Å². The zero-order chi connectivity index (χ0) is 61.4. The molecule has 2 aliphatic carbocycles. The highest BCUT2D eigenvalue weighted by atomic mass is 35.5. The Kier molecular flexibility index (Phi) is 13.7. The molecule has 4 heteroatoms. The Balaban J connectivity index is 0.000000121. The van der Waals surface area contributed by atoms with E-state index in [0.29, 0.717) is 5.02 Å². The summed E-state index contributed by atoms with van der Waals surface area (Å²) < 4.78 is 12.7. The number of nitrogens with zero attached hydrogens (tertiary/aromatic N) is 1. The largest absolute Gasteiger partial charge is 0.454 e. The van der Waals surface area contributed by atoms with Crippen LogP contribution in [0.2, 0.25) is 5.02 Å². The normalized spacial score (nSPS) is 13.1. The first-order chi connectivity index (χ1) is 44.6. The number of hydrogen-bond donors (Lipinski definition) is 0. The number of fused-ring (bicyclic) bond motifs is 16. The van der Waals surface area contributed by atoms with Gasteiger partial charge in [0.05, 0.1) is 22.1 Å². The molecule has 16 aromatic rings. The van der Waals surface area contributed by atoms with E-state index in [4.69, 9.17) is 20.4 Å². The first kappa shape index (κ1) is 55.6. The van der Waals surface area contributed by atoms with Crippen LogP contribution < -0.4 is 4.90 Å². The van der Waals surface area contributed by atoms with Gasteiger partial charge in [0, 0.05) is 43.5 Å². The van der Waals surface area contributed by atoms with Gasteiger partial charge in [-0.1, -0.05) is 306 Å². The number of hydrogen-bond acceptors (Lipinski definition) is 3. The molecule has 0 N–H and O–H groups in total. The topological polar surface area (TPSA) is 29.5 Å². The van der Waals surface area contributed by atoms with Crippen molar-refractivity contribution in [2.45, 2.75) is 44.9 Å². The Morgan fingerprint density at radius 2 is 0.725 bits per heavy atom. The van der Waals surface area contributed by atoms with Crippen LogP contribution in [-0.4, -0.2) is 0 Å². The molecular formula is C87H64ClNO2. The molecule has 0 fully saturated rings. The highest BCUT2D eigenvalue weighted by molar-refractivity contribution is 6.36. The smallest absolute Gasteiger partial charge is 0.159 e. The lowest BCUT2D eigenvalue weighted by Gasteiger charge is -2.30. The van der Waals surface area contributed by atoms with Gasteiger partial charge in [-0.3, -0.25) is 0 Å². The van der Waals surface area contributed by atoms with Crippen LogP contribution in [0.5, 0.6) is 0 Å². The summed E-state index contributed by atoms with van der Waals surface area (Å²) in [6, 6.07) is 108. The van der Waals surface area contributed by atoms with Crippen molar-refractivity contribution in [3.63, 3.8) is 0 Å². The fourth-order valence-electron chi connectivity index (χ4n) is 14.9. The van der Waals surface area contributed by atoms with Crippen LogP contribution in [0.15, 0.2) is 312 Å². The molecule has 2 aromatic heterocycles. The van der Waals surface area contributed by atoms with Gasteiger partial charge in [0.1, 0.15) is 11.2 Å². The van der Waals surface area contributed by atoms with Gasteiger partial charge < -0.3 is 13.7 Å². The Morgan fingerprint density at radius 3 is 1.37 bits per heavy atom. The third-order valence-electron chi connectivity index (χ3n) is 19.2. The van der Waals surface area contributed by atoms with Crippen LogP contribution in [-0.2, 0) is 17.3 Å². The highest BCUT2D eigenvalue weighted by Crippen LogP contribution is 2.56. The lowest BCUT2D eigenvalue weighted by Crippen LogP contribution is -2.16. The molecule has 2 heterocycles. The van der Waals surface area contributed by atoms with E-state index in [1.54, 1.807) is 0 Å². The number of anilines is 3. The first-order valence-electron chi connectivity index (χ1n) is 31.5. The van der Waals surface area contributed by atoms with E-state index in [1.807, 2.05) is 30.3 Å². The van der Waals surface area contributed by atoms with Crippen molar-refractivity contribution in [2.24, 2.45) is 0 Å². The third-order valence-corrected chi connectivity index (χ3v) is 19.5. The van der Waals surface area contributed by atoms with Gasteiger partial charge in [0.15, 0.2) is 11.2 Å². The van der Waals surface area contributed by atoms with Crippen LogP contribution in [0.25, 0.3) is 110 Å². The van der Waals surface area contributed by atoms with Crippen LogP contribution in [0.1, 0.15) is 61.1 Å². The average molecular weight is 1190 g/mol. The molecule has 3 nitrogen and oxygen atoms in total. The number of halogens is 1. The Bertz CT molecular complexity index is 5480. The summed E-state index contributed by atoms with van der Waals surface area (Å²) in [6.07, 6.45) is 0.943. The van der Waals surface area contributed by atoms with E-state index in [9.17, 15) is 0 Å². The monoisotopic (exact) mass is 1190 g/mol. The second-order valence-electron chi connectivity index (χ2n) is 25.1. The summed E-state index contributed by atoms with van der Waals surface area (Å²) in [5.74, 6) is 0. The van der Waals surface area contributed by atoms with Gasteiger partial charge in [-0.2, -0.15) is 0 Å². The van der Waals surface area contributed by atoms with E-state index < -0.39 is 0 Å². The minimum atomic E-state index is -0.114. The zero-order valence-corrected chi connectivity index (χ0v) is 52.0. The van der Waals surface area contributed by atoms with Crippen molar-refractivity contribution in [2.75, 3.05) is 4.90 Å². The summed E-state index contributed by atoms with van der Waals surface area (Å²) in [6.45, 7) is 9.38. The standard InChI is InChI=1S/C43H31NO.C28H24.C16H9ClO/c1-43(2)34-21-10-8-19-32(34)41-35(43)22-13-24-37(41)44(36-23-11-9-17-30(36)28-14-4-3-5-15-28)38-25-12-20-33-40-31-18-7-6-16-29(31)26-27-39(40)45-42(33)38;1-28(2)25-17-9-8-16-24(25)27-22(14-10-18-26(27)28)19-21-13-6-7-15-23(21)20-11-4-3-5-12-20;17-13-7-3-6-12-15-11-5-2-1-4-10(11)8-9-14(15)18-16(12)13/h3-27H,1-2H3;3-18H,19H2,1-2H3;1-9H. The van der Waals surface area contributed by atoms with Gasteiger partial charge in [-0.15, -0.1) is 0 Å². The summed E-state index contributed by atoms with van der Waals surface area (Å²) in [5.41, 5.74) is 25.4. The molecule has 14 aromatic carbocycles. The zero-order valence-electron chi connectivity index (χ0n) is 51.2. The first-order valence-corrected chi connectivity index (χ1v) is 31.8. The SMILES string of the molecule is CC1(C)c2ccccc2-c2c(Cc3ccccc3-c3ccccc3)cccc21.CC1(C)c2ccccc2-c2c(N(c3ccccc3-c3ccccc3)c3cccc4c3oc3ccc5ccccc5c34)cccc21.Clc1cccc2c1oc1ccc3ccccc3c12. The third kappa shape index (κ3) is 9.33. The molecule has 0 atom stereocenters. The maximum absolute atomic E-state index is 6.85. The molecule has 436 valence electrons. The number of rotatable bonds is 7. The van der Waals surface area contributed by atoms with Crippen LogP contribution in [0.3, 0.4) is 0 Å². The molecule has 0 bridgehead atoms. The van der Waals surface area contributed by atoms with Gasteiger partial charge in [-0.05, 0) is 131 Å². The molecule has 0 saturated heterocycles. The predicted octanol–water partition coefficient (Wildman–Crippen LogP) is 24.8. The van der Waals surface area contributed by atoms with Crippen LogP contribution in [0, 0.1) is 0 Å². The summed E-state index contributed by atoms with van der Waals surface area (Å²) in [5, 5.41) is 10.00. The minimum absolute atomic E-state index is 0.0564. The number of benzene rings is 14. The van der Waals surface area contributed by atoms with Crippen molar-refractivity contribution < 1.29 is 8.83 Å². The maximum atomic E-state index is 6.85. The average Bonchev–Trinajstić information content (AvgIpc) is 1.64. The quantitative estimate of drug-likeness (QED) is 0.159. The molecule has 0 saturated carbocycles. The Morgan fingerprint density at radius 1 is 0.308 bits per heavy atom. The maximum Gasteiger partial charge on any atom is 0.159 e. The van der Waals surface area contributed by atoms with Crippen molar-refractivity contribution in [1.82, 2.24) is 0 Å². The molecular weight excluding hydrogens is 1130 g/mol. The lowest BCUT2D eigenvalue weighted by atomic mass is 9.82. The summed E-state index contributed by atoms with van der Waals surface area (Å²) in [4.78, 5) is 2.44. The molecule has 0 unspecified atom stereocenters. The van der Waals surface area contributed by atoms with Gasteiger partial charge in [0.25, 0.3) is 0 Å². The van der Waals surface area contributed by atoms with E-state index in [0.717, 1.165) is 67.4 Å². The molecule has 0 spiro atoms. The second-order valence-corrected chi connectivity index (χ2v) is 25.5. The van der Waals surface area contributed by atoms with Crippen molar-refractivity contribution in [3.05, 3.63) is 342 Å². The fourth-order valence-corrected chi connectivity index (χ4v) is 15.1. The molecule has 91 heavy (non-hydrogen) atoms. The Labute approximate surface area is 535 Å². The van der Waals surface area contributed by atoms with Crippen LogP contribution in [0.4, 0.5) is 17.1 Å². The predicted molar refractivity (Wildman–Crippen MR) is 384 cm³/mol. The number of para-hydroxylation sites is 3. The number of furan rings is 2. The van der Waals surface area contributed by atoms with Gasteiger partial charge in [-0.25, -0.2) is 0 Å². The summed E-state index contributed by atoms with van der Waals surface area (Å²) >= 11 is 6.19. The minimum Gasteiger partial charge on any atom is -0.454 e.